The van der Waals surface area contributed by atoms with Gasteiger partial charge in [-0.3, -0.25) is 14.5 Å². The molecule has 3 N–H and O–H groups in total. The van der Waals surface area contributed by atoms with Gasteiger partial charge in [0.25, 0.3) is 0 Å². The molecule has 0 bridgehead atoms. The highest BCUT2D eigenvalue weighted by Gasteiger charge is 2.20. The number of carboxylic acid groups (broad SMARTS) is 1. The molecular formula is C12H23N3O3. The lowest BCUT2D eigenvalue weighted by Gasteiger charge is -2.34. The van der Waals surface area contributed by atoms with Crippen molar-refractivity contribution < 1.29 is 14.7 Å². The van der Waals surface area contributed by atoms with Crippen LogP contribution in [0.2, 0.25) is 0 Å². The molecule has 0 radical (unpaired) electrons. The summed E-state index contributed by atoms with van der Waals surface area (Å²) in [6.45, 7) is 4.18. The maximum absolute atomic E-state index is 11.8. The van der Waals surface area contributed by atoms with E-state index in [1.54, 1.807) is 0 Å². The van der Waals surface area contributed by atoms with Crippen LogP contribution in [-0.2, 0) is 9.59 Å². The van der Waals surface area contributed by atoms with Gasteiger partial charge in [-0.1, -0.05) is 0 Å². The minimum absolute atomic E-state index is 0.171. The highest BCUT2D eigenvalue weighted by atomic mass is 16.4. The van der Waals surface area contributed by atoms with E-state index in [9.17, 15) is 9.59 Å². The Labute approximate surface area is 108 Å². The van der Waals surface area contributed by atoms with Gasteiger partial charge in [0, 0.05) is 39.1 Å². The molecule has 0 aromatic heterocycles. The molecule has 18 heavy (non-hydrogen) atoms. The van der Waals surface area contributed by atoms with Crippen LogP contribution in [0.25, 0.3) is 0 Å². The van der Waals surface area contributed by atoms with E-state index in [0.29, 0.717) is 32.6 Å². The first-order chi connectivity index (χ1) is 8.63. The lowest BCUT2D eigenvalue weighted by molar-refractivity contribution is -0.138. The van der Waals surface area contributed by atoms with Crippen LogP contribution in [0.5, 0.6) is 0 Å². The maximum Gasteiger partial charge on any atom is 0.304 e. The Kier molecular flexibility index (Phi) is 6.67. The van der Waals surface area contributed by atoms with Gasteiger partial charge in [0.2, 0.25) is 5.91 Å². The number of unbranched alkanes of at least 4 members (excludes halogenated alkanes) is 1. The maximum atomic E-state index is 11.8. The number of nitrogens with zero attached hydrogens (tertiary/aromatic N) is 2. The van der Waals surface area contributed by atoms with E-state index in [2.05, 4.69) is 4.90 Å². The summed E-state index contributed by atoms with van der Waals surface area (Å²) < 4.78 is 0. The first-order valence-corrected chi connectivity index (χ1v) is 6.55. The zero-order valence-electron chi connectivity index (χ0n) is 10.8. The topological polar surface area (TPSA) is 86.9 Å². The Bertz CT molecular complexity index is 276. The van der Waals surface area contributed by atoms with Crippen molar-refractivity contribution in [3.05, 3.63) is 0 Å². The van der Waals surface area contributed by atoms with E-state index in [0.717, 1.165) is 25.9 Å². The summed E-state index contributed by atoms with van der Waals surface area (Å²) in [7, 11) is 0. The molecule has 1 aliphatic heterocycles. The van der Waals surface area contributed by atoms with Gasteiger partial charge in [0.15, 0.2) is 0 Å². The van der Waals surface area contributed by atoms with Crippen LogP contribution >= 0.6 is 0 Å². The van der Waals surface area contributed by atoms with Gasteiger partial charge in [-0.15, -0.1) is 0 Å². The van der Waals surface area contributed by atoms with E-state index < -0.39 is 5.97 Å². The normalized spacial score (nSPS) is 16.8. The summed E-state index contributed by atoms with van der Waals surface area (Å²) in [5.74, 6) is -0.573. The number of hydrogen-bond acceptors (Lipinski definition) is 4. The van der Waals surface area contributed by atoms with Crippen LogP contribution < -0.4 is 5.73 Å². The molecular weight excluding hydrogens is 234 g/mol. The number of amides is 1. The molecule has 6 nitrogen and oxygen atoms in total. The number of nitrogens with two attached hydrogens (primary N) is 1. The second kappa shape index (κ2) is 8.05. The van der Waals surface area contributed by atoms with Crippen molar-refractivity contribution in [3.8, 4) is 0 Å². The zero-order chi connectivity index (χ0) is 13.4. The van der Waals surface area contributed by atoms with Crippen LogP contribution in [-0.4, -0.2) is 66.1 Å². The molecule has 1 fully saturated rings. The zero-order valence-corrected chi connectivity index (χ0v) is 10.8. The van der Waals surface area contributed by atoms with Crippen molar-refractivity contribution in [3.63, 3.8) is 0 Å². The Morgan fingerprint density at radius 1 is 1.06 bits per heavy atom. The molecule has 1 saturated heterocycles. The van der Waals surface area contributed by atoms with Gasteiger partial charge in [0.05, 0.1) is 6.42 Å². The fraction of sp³-hybridized carbons (Fsp3) is 0.833. The first kappa shape index (κ1) is 14.9. The first-order valence-electron chi connectivity index (χ1n) is 6.55. The van der Waals surface area contributed by atoms with Crippen LogP contribution in [0.15, 0.2) is 0 Å². The average Bonchev–Trinajstić information content (AvgIpc) is 2.37. The molecule has 0 atom stereocenters. The van der Waals surface area contributed by atoms with E-state index in [1.165, 1.54) is 0 Å². The molecule has 1 rings (SSSR count). The average molecular weight is 257 g/mol. The largest absolute Gasteiger partial charge is 0.481 e. The number of hydrogen-bond donors (Lipinski definition) is 2. The van der Waals surface area contributed by atoms with Crippen molar-refractivity contribution >= 4 is 11.9 Å². The molecule has 1 aliphatic rings. The minimum atomic E-state index is -0.768. The Hall–Kier alpha value is -1.14. The molecule has 6 heteroatoms. The molecule has 0 aromatic carbocycles. The quantitative estimate of drug-likeness (QED) is 0.613. The van der Waals surface area contributed by atoms with Crippen molar-refractivity contribution in [1.29, 1.82) is 0 Å². The number of piperazine rings is 1. The molecule has 0 spiro atoms. The second-order valence-corrected chi connectivity index (χ2v) is 4.61. The molecule has 0 saturated carbocycles. The van der Waals surface area contributed by atoms with Crippen LogP contribution in [0, 0.1) is 0 Å². The number of carbonyl (C=O) groups excluding carboxylic acids is 1. The van der Waals surface area contributed by atoms with E-state index in [4.69, 9.17) is 10.8 Å². The summed E-state index contributed by atoms with van der Waals surface area (Å²) in [5.41, 5.74) is 5.39. The standard InChI is InChI=1S/C12H23N3O3/c13-5-2-1-3-11(16)15-9-7-14(8-10-15)6-4-12(17)18/h1-10,13H2,(H,17,18). The van der Waals surface area contributed by atoms with Crippen molar-refractivity contribution in [1.82, 2.24) is 9.80 Å². The Balaban J connectivity index is 2.17. The summed E-state index contributed by atoms with van der Waals surface area (Å²) in [6, 6.07) is 0. The minimum Gasteiger partial charge on any atom is -0.481 e. The Morgan fingerprint density at radius 3 is 2.28 bits per heavy atom. The number of carbonyl (C=O) groups is 2. The lowest BCUT2D eigenvalue weighted by atomic mass is 10.2. The van der Waals surface area contributed by atoms with E-state index in [1.807, 2.05) is 4.90 Å². The lowest BCUT2D eigenvalue weighted by Crippen LogP contribution is -2.49. The van der Waals surface area contributed by atoms with Gasteiger partial charge in [-0.2, -0.15) is 0 Å². The monoisotopic (exact) mass is 257 g/mol. The highest BCUT2D eigenvalue weighted by molar-refractivity contribution is 5.76. The second-order valence-electron chi connectivity index (χ2n) is 4.61. The SMILES string of the molecule is NCCCCC(=O)N1CCN(CCC(=O)O)CC1. The third-order valence-electron chi connectivity index (χ3n) is 3.21. The van der Waals surface area contributed by atoms with Crippen LogP contribution in [0.3, 0.4) is 0 Å². The molecule has 0 unspecified atom stereocenters. The summed E-state index contributed by atoms with van der Waals surface area (Å²) >= 11 is 0. The Morgan fingerprint density at radius 2 is 1.72 bits per heavy atom. The fourth-order valence-electron chi connectivity index (χ4n) is 2.05. The number of carboxylic acids is 1. The fourth-order valence-corrected chi connectivity index (χ4v) is 2.05. The summed E-state index contributed by atoms with van der Waals surface area (Å²) in [4.78, 5) is 26.2. The van der Waals surface area contributed by atoms with Gasteiger partial charge < -0.3 is 15.7 Å². The molecule has 104 valence electrons. The number of aliphatic carboxylic acids is 1. The van der Waals surface area contributed by atoms with Crippen molar-refractivity contribution in [2.24, 2.45) is 5.73 Å². The van der Waals surface area contributed by atoms with Crippen molar-refractivity contribution in [2.45, 2.75) is 25.7 Å². The predicted octanol–water partition coefficient (Wildman–Crippen LogP) is -0.266. The molecule has 1 heterocycles. The third-order valence-corrected chi connectivity index (χ3v) is 3.21. The molecule has 0 aliphatic carbocycles. The van der Waals surface area contributed by atoms with Crippen molar-refractivity contribution in [2.75, 3.05) is 39.3 Å². The number of rotatable bonds is 7. The van der Waals surface area contributed by atoms with Gasteiger partial charge in [-0.05, 0) is 19.4 Å². The van der Waals surface area contributed by atoms with Gasteiger partial charge in [0.1, 0.15) is 0 Å². The molecule has 0 aromatic rings. The summed E-state index contributed by atoms with van der Waals surface area (Å²) in [5, 5.41) is 8.60. The predicted molar refractivity (Wildman–Crippen MR) is 68.2 cm³/mol. The summed E-state index contributed by atoms with van der Waals surface area (Å²) in [6.07, 6.45) is 2.50. The highest BCUT2D eigenvalue weighted by Crippen LogP contribution is 2.06. The van der Waals surface area contributed by atoms with Crippen LogP contribution in [0.4, 0.5) is 0 Å². The van der Waals surface area contributed by atoms with Gasteiger partial charge >= 0.3 is 5.97 Å². The molecule has 1 amide bonds. The van der Waals surface area contributed by atoms with E-state index in [-0.39, 0.29) is 12.3 Å². The van der Waals surface area contributed by atoms with E-state index >= 15 is 0 Å². The third kappa shape index (κ3) is 5.46. The van der Waals surface area contributed by atoms with Gasteiger partial charge in [-0.25, -0.2) is 0 Å². The smallest absolute Gasteiger partial charge is 0.304 e. The van der Waals surface area contributed by atoms with Crippen LogP contribution in [0.1, 0.15) is 25.7 Å².